The van der Waals surface area contributed by atoms with Crippen molar-refractivity contribution in [3.63, 3.8) is 0 Å². The Balaban J connectivity index is 2.35. The molecule has 0 aromatic rings. The molecule has 0 heterocycles. The van der Waals surface area contributed by atoms with Crippen LogP contribution < -0.4 is 5.32 Å². The first-order chi connectivity index (χ1) is 6.93. The van der Waals surface area contributed by atoms with Crippen LogP contribution in [-0.4, -0.2) is 23.8 Å². The number of aliphatic hydroxyl groups excluding tert-OH is 1. The fraction of sp³-hybridized carbons (Fsp3) is 1.00. The average Bonchev–Trinajstić information content (AvgIpc) is 2.16. The van der Waals surface area contributed by atoms with Gasteiger partial charge in [0.05, 0.1) is 6.10 Å². The van der Waals surface area contributed by atoms with Crippen molar-refractivity contribution in [3.05, 3.63) is 0 Å². The van der Waals surface area contributed by atoms with Gasteiger partial charge in [-0.05, 0) is 24.2 Å². The van der Waals surface area contributed by atoms with Crippen LogP contribution in [-0.2, 0) is 0 Å². The lowest BCUT2D eigenvalue weighted by atomic mass is 9.80. The standard InChI is InChI=1S/C13H27NO/c1-10(2)13(3,4)9-14-11-7-5-6-8-12(11)15/h10-12,14-15H,5-9H2,1-4H3. The van der Waals surface area contributed by atoms with E-state index in [2.05, 4.69) is 33.0 Å². The Hall–Kier alpha value is -0.0800. The molecule has 0 aliphatic heterocycles. The summed E-state index contributed by atoms with van der Waals surface area (Å²) in [7, 11) is 0. The molecule has 1 fully saturated rings. The fourth-order valence-electron chi connectivity index (χ4n) is 1.95. The maximum absolute atomic E-state index is 9.84. The summed E-state index contributed by atoms with van der Waals surface area (Å²) >= 11 is 0. The third-order valence-electron chi connectivity index (χ3n) is 4.11. The molecule has 0 saturated heterocycles. The summed E-state index contributed by atoms with van der Waals surface area (Å²) in [6.45, 7) is 10.1. The van der Waals surface area contributed by atoms with Crippen LogP contribution in [0.4, 0.5) is 0 Å². The van der Waals surface area contributed by atoms with Crippen LogP contribution in [0.1, 0.15) is 53.4 Å². The molecular formula is C13H27NO. The largest absolute Gasteiger partial charge is 0.392 e. The molecule has 2 N–H and O–H groups in total. The normalized spacial score (nSPS) is 28.4. The second-order valence-electron chi connectivity index (χ2n) is 5.98. The lowest BCUT2D eigenvalue weighted by Crippen LogP contribution is -2.46. The average molecular weight is 213 g/mol. The maximum atomic E-state index is 9.84. The summed E-state index contributed by atoms with van der Waals surface area (Å²) in [5.74, 6) is 0.672. The molecule has 1 saturated carbocycles. The Morgan fingerprint density at radius 1 is 1.27 bits per heavy atom. The fourth-order valence-corrected chi connectivity index (χ4v) is 1.95. The predicted octanol–water partition coefficient (Wildman–Crippen LogP) is 2.56. The highest BCUT2D eigenvalue weighted by molar-refractivity contribution is 4.84. The third-order valence-corrected chi connectivity index (χ3v) is 4.11. The summed E-state index contributed by atoms with van der Waals surface area (Å²) in [6.07, 6.45) is 4.43. The van der Waals surface area contributed by atoms with E-state index in [4.69, 9.17) is 0 Å². The number of rotatable bonds is 4. The lowest BCUT2D eigenvalue weighted by molar-refractivity contribution is 0.0814. The van der Waals surface area contributed by atoms with Crippen molar-refractivity contribution in [2.45, 2.75) is 65.5 Å². The summed E-state index contributed by atoms with van der Waals surface area (Å²) in [5.41, 5.74) is 0.317. The van der Waals surface area contributed by atoms with Crippen molar-refractivity contribution in [3.8, 4) is 0 Å². The van der Waals surface area contributed by atoms with Gasteiger partial charge in [-0.25, -0.2) is 0 Å². The van der Waals surface area contributed by atoms with E-state index < -0.39 is 0 Å². The Morgan fingerprint density at radius 2 is 1.87 bits per heavy atom. The molecule has 1 aliphatic rings. The van der Waals surface area contributed by atoms with E-state index >= 15 is 0 Å². The monoisotopic (exact) mass is 213 g/mol. The Morgan fingerprint density at radius 3 is 2.40 bits per heavy atom. The van der Waals surface area contributed by atoms with Crippen molar-refractivity contribution >= 4 is 0 Å². The molecule has 0 spiro atoms. The molecule has 0 aromatic heterocycles. The van der Waals surface area contributed by atoms with Gasteiger partial charge in [-0.15, -0.1) is 0 Å². The van der Waals surface area contributed by atoms with Gasteiger partial charge < -0.3 is 10.4 Å². The van der Waals surface area contributed by atoms with Crippen LogP contribution in [0, 0.1) is 11.3 Å². The van der Waals surface area contributed by atoms with Crippen LogP contribution in [0.2, 0.25) is 0 Å². The van der Waals surface area contributed by atoms with Gasteiger partial charge in [0.15, 0.2) is 0 Å². The van der Waals surface area contributed by atoms with Crippen molar-refractivity contribution < 1.29 is 5.11 Å². The quantitative estimate of drug-likeness (QED) is 0.752. The number of nitrogens with one attached hydrogen (secondary N) is 1. The minimum atomic E-state index is -0.123. The van der Waals surface area contributed by atoms with Gasteiger partial charge >= 0.3 is 0 Å². The molecule has 2 nitrogen and oxygen atoms in total. The smallest absolute Gasteiger partial charge is 0.0693 e. The number of aliphatic hydroxyl groups is 1. The van der Waals surface area contributed by atoms with Gasteiger partial charge in [0.2, 0.25) is 0 Å². The first kappa shape index (κ1) is 13.0. The molecule has 0 amide bonds. The first-order valence-electron chi connectivity index (χ1n) is 6.35. The molecule has 90 valence electrons. The highest BCUT2D eigenvalue weighted by Gasteiger charge is 2.27. The number of hydrogen-bond acceptors (Lipinski definition) is 2. The highest BCUT2D eigenvalue weighted by Crippen LogP contribution is 2.26. The van der Waals surface area contributed by atoms with E-state index in [1.54, 1.807) is 0 Å². The highest BCUT2D eigenvalue weighted by atomic mass is 16.3. The summed E-state index contributed by atoms with van der Waals surface area (Å²) < 4.78 is 0. The summed E-state index contributed by atoms with van der Waals surface area (Å²) in [6, 6.07) is 0.330. The van der Waals surface area contributed by atoms with Crippen molar-refractivity contribution in [1.29, 1.82) is 0 Å². The topological polar surface area (TPSA) is 32.3 Å². The molecule has 0 bridgehead atoms. The van der Waals surface area contributed by atoms with Crippen LogP contribution in [0.3, 0.4) is 0 Å². The van der Waals surface area contributed by atoms with Crippen molar-refractivity contribution in [2.75, 3.05) is 6.54 Å². The molecule has 1 rings (SSSR count). The first-order valence-corrected chi connectivity index (χ1v) is 6.35. The third kappa shape index (κ3) is 3.76. The zero-order valence-corrected chi connectivity index (χ0v) is 10.7. The van der Waals surface area contributed by atoms with Gasteiger partial charge in [0, 0.05) is 12.6 Å². The lowest BCUT2D eigenvalue weighted by Gasteiger charge is -2.35. The second kappa shape index (κ2) is 5.31. The van der Waals surface area contributed by atoms with Crippen molar-refractivity contribution in [2.24, 2.45) is 11.3 Å². The Bertz CT molecular complexity index is 189. The van der Waals surface area contributed by atoms with E-state index in [1.165, 1.54) is 12.8 Å². The van der Waals surface area contributed by atoms with Crippen LogP contribution >= 0.6 is 0 Å². The van der Waals surface area contributed by atoms with Gasteiger partial charge in [-0.2, -0.15) is 0 Å². The van der Waals surface area contributed by atoms with Crippen LogP contribution in [0.25, 0.3) is 0 Å². The van der Waals surface area contributed by atoms with Gasteiger partial charge in [0.1, 0.15) is 0 Å². The summed E-state index contributed by atoms with van der Waals surface area (Å²) in [4.78, 5) is 0. The zero-order chi connectivity index (χ0) is 11.5. The van der Waals surface area contributed by atoms with E-state index in [0.29, 0.717) is 17.4 Å². The van der Waals surface area contributed by atoms with E-state index in [1.807, 2.05) is 0 Å². The van der Waals surface area contributed by atoms with Crippen molar-refractivity contribution in [1.82, 2.24) is 5.32 Å². The minimum Gasteiger partial charge on any atom is -0.392 e. The Labute approximate surface area is 94.5 Å². The van der Waals surface area contributed by atoms with Gasteiger partial charge in [-0.3, -0.25) is 0 Å². The molecule has 15 heavy (non-hydrogen) atoms. The van der Waals surface area contributed by atoms with E-state index in [-0.39, 0.29) is 6.10 Å². The molecule has 1 aliphatic carbocycles. The molecule has 0 aromatic carbocycles. The minimum absolute atomic E-state index is 0.123. The predicted molar refractivity (Wildman–Crippen MR) is 64.9 cm³/mol. The van der Waals surface area contributed by atoms with Crippen LogP contribution in [0.5, 0.6) is 0 Å². The maximum Gasteiger partial charge on any atom is 0.0693 e. The zero-order valence-electron chi connectivity index (χ0n) is 10.7. The van der Waals surface area contributed by atoms with Gasteiger partial charge in [-0.1, -0.05) is 40.5 Å². The second-order valence-corrected chi connectivity index (χ2v) is 5.98. The molecular weight excluding hydrogens is 186 g/mol. The van der Waals surface area contributed by atoms with E-state index in [0.717, 1.165) is 19.4 Å². The van der Waals surface area contributed by atoms with Crippen LogP contribution in [0.15, 0.2) is 0 Å². The Kier molecular flexibility index (Phi) is 4.60. The molecule has 2 atom stereocenters. The van der Waals surface area contributed by atoms with E-state index in [9.17, 15) is 5.11 Å². The molecule has 2 heteroatoms. The summed E-state index contributed by atoms with van der Waals surface area (Å²) in [5, 5.41) is 13.4. The molecule has 0 radical (unpaired) electrons. The SMILES string of the molecule is CC(C)C(C)(C)CNC1CCCCC1O. The number of hydrogen-bond donors (Lipinski definition) is 2. The van der Waals surface area contributed by atoms with Gasteiger partial charge in [0.25, 0.3) is 0 Å². The molecule has 2 unspecified atom stereocenters.